The largest absolute Gasteiger partial charge is 0.378 e. The second kappa shape index (κ2) is 3.88. The maximum Gasteiger partial charge on any atom is 0.0884 e. The Morgan fingerprint density at radius 3 is 2.90 bits per heavy atom. The highest BCUT2D eigenvalue weighted by Crippen LogP contribution is 2.03. The van der Waals surface area contributed by atoms with Gasteiger partial charge in [-0.05, 0) is 34.7 Å². The Bertz CT molecular complexity index is 197. The van der Waals surface area contributed by atoms with E-state index in [9.17, 15) is 0 Å². The lowest BCUT2D eigenvalue weighted by molar-refractivity contribution is 0.181. The van der Waals surface area contributed by atoms with Crippen LogP contribution in [-0.2, 0) is 11.3 Å². The van der Waals surface area contributed by atoms with Gasteiger partial charge in [-0.2, -0.15) is 0 Å². The number of hydrogen-bond donors (Lipinski definition) is 0. The molecule has 0 unspecified atom stereocenters. The SMILES string of the molecule is COCc1ccc(I)cn1. The van der Waals surface area contributed by atoms with E-state index < -0.39 is 0 Å². The van der Waals surface area contributed by atoms with E-state index in [1.54, 1.807) is 7.11 Å². The van der Waals surface area contributed by atoms with Crippen LogP contribution in [0.3, 0.4) is 0 Å². The first-order chi connectivity index (χ1) is 4.83. The molecule has 0 bridgehead atoms. The lowest BCUT2D eigenvalue weighted by Gasteiger charge is -1.96. The molecule has 1 aromatic rings. The van der Waals surface area contributed by atoms with Gasteiger partial charge in [-0.3, -0.25) is 4.98 Å². The Morgan fingerprint density at radius 1 is 1.60 bits per heavy atom. The molecule has 0 saturated heterocycles. The van der Waals surface area contributed by atoms with E-state index in [-0.39, 0.29) is 0 Å². The molecule has 54 valence electrons. The van der Waals surface area contributed by atoms with Crippen LogP contribution in [0.5, 0.6) is 0 Å². The van der Waals surface area contributed by atoms with Gasteiger partial charge >= 0.3 is 0 Å². The van der Waals surface area contributed by atoms with Gasteiger partial charge in [0.1, 0.15) is 0 Å². The van der Waals surface area contributed by atoms with Crippen molar-refractivity contribution in [3.8, 4) is 0 Å². The molecular weight excluding hydrogens is 241 g/mol. The van der Waals surface area contributed by atoms with Crippen molar-refractivity contribution in [2.45, 2.75) is 6.61 Å². The minimum absolute atomic E-state index is 0.594. The topological polar surface area (TPSA) is 22.1 Å². The normalized spacial score (nSPS) is 9.80. The molecule has 0 aromatic carbocycles. The highest BCUT2D eigenvalue weighted by atomic mass is 127. The summed E-state index contributed by atoms with van der Waals surface area (Å²) in [5.74, 6) is 0. The van der Waals surface area contributed by atoms with Gasteiger partial charge in [0.2, 0.25) is 0 Å². The van der Waals surface area contributed by atoms with E-state index in [2.05, 4.69) is 27.6 Å². The predicted octanol–water partition coefficient (Wildman–Crippen LogP) is 1.83. The smallest absolute Gasteiger partial charge is 0.0884 e. The van der Waals surface area contributed by atoms with E-state index in [0.717, 1.165) is 9.26 Å². The zero-order chi connectivity index (χ0) is 7.40. The molecule has 0 aliphatic carbocycles. The molecule has 0 N–H and O–H groups in total. The van der Waals surface area contributed by atoms with Gasteiger partial charge in [0.15, 0.2) is 0 Å². The summed E-state index contributed by atoms with van der Waals surface area (Å²) in [4.78, 5) is 4.14. The summed E-state index contributed by atoms with van der Waals surface area (Å²) in [5, 5.41) is 0. The van der Waals surface area contributed by atoms with Gasteiger partial charge in [-0.1, -0.05) is 0 Å². The van der Waals surface area contributed by atoms with Crippen molar-refractivity contribution in [1.82, 2.24) is 4.98 Å². The van der Waals surface area contributed by atoms with E-state index in [0.29, 0.717) is 6.61 Å². The molecule has 0 radical (unpaired) electrons. The van der Waals surface area contributed by atoms with Crippen molar-refractivity contribution >= 4 is 22.6 Å². The maximum atomic E-state index is 4.90. The monoisotopic (exact) mass is 249 g/mol. The number of methoxy groups -OCH3 is 1. The molecule has 0 spiro atoms. The van der Waals surface area contributed by atoms with Crippen LogP contribution in [0, 0.1) is 3.57 Å². The highest BCUT2D eigenvalue weighted by molar-refractivity contribution is 14.1. The van der Waals surface area contributed by atoms with Crippen molar-refractivity contribution in [2.75, 3.05) is 7.11 Å². The van der Waals surface area contributed by atoms with E-state index in [4.69, 9.17) is 4.74 Å². The first-order valence-electron chi connectivity index (χ1n) is 2.92. The third-order valence-corrected chi connectivity index (χ3v) is 1.72. The third-order valence-electron chi connectivity index (χ3n) is 1.08. The van der Waals surface area contributed by atoms with Gasteiger partial charge in [-0.15, -0.1) is 0 Å². The Kier molecular flexibility index (Phi) is 3.08. The second-order valence-corrected chi connectivity index (χ2v) is 3.15. The first kappa shape index (κ1) is 7.94. The minimum atomic E-state index is 0.594. The van der Waals surface area contributed by atoms with Crippen LogP contribution in [0.2, 0.25) is 0 Å². The zero-order valence-corrected chi connectivity index (χ0v) is 7.83. The predicted molar refractivity (Wildman–Crippen MR) is 47.7 cm³/mol. The molecule has 10 heavy (non-hydrogen) atoms. The summed E-state index contributed by atoms with van der Waals surface area (Å²) < 4.78 is 6.05. The molecule has 0 amide bonds. The average Bonchev–Trinajstić information content (AvgIpc) is 1.95. The highest BCUT2D eigenvalue weighted by Gasteiger charge is 1.90. The number of nitrogens with zero attached hydrogens (tertiary/aromatic N) is 1. The molecule has 1 aromatic heterocycles. The minimum Gasteiger partial charge on any atom is -0.378 e. The fourth-order valence-electron chi connectivity index (χ4n) is 0.640. The molecule has 0 saturated carbocycles. The number of rotatable bonds is 2. The van der Waals surface area contributed by atoms with Gasteiger partial charge in [0, 0.05) is 16.9 Å². The summed E-state index contributed by atoms with van der Waals surface area (Å²) in [6, 6.07) is 3.98. The number of pyridine rings is 1. The number of aromatic nitrogens is 1. The van der Waals surface area contributed by atoms with Crippen LogP contribution >= 0.6 is 22.6 Å². The van der Waals surface area contributed by atoms with E-state index >= 15 is 0 Å². The van der Waals surface area contributed by atoms with Crippen LogP contribution in [0.1, 0.15) is 5.69 Å². The number of halogens is 1. The Hall–Kier alpha value is -0.160. The number of ether oxygens (including phenoxy) is 1. The van der Waals surface area contributed by atoms with Gasteiger partial charge in [0.05, 0.1) is 12.3 Å². The summed E-state index contributed by atoms with van der Waals surface area (Å²) in [6.07, 6.45) is 1.83. The van der Waals surface area contributed by atoms with E-state index in [1.165, 1.54) is 0 Å². The third kappa shape index (κ3) is 2.22. The Labute approximate surface area is 73.8 Å². The van der Waals surface area contributed by atoms with Crippen molar-refractivity contribution in [2.24, 2.45) is 0 Å². The standard InChI is InChI=1S/C7H8INO/c1-10-5-7-3-2-6(8)4-9-7/h2-4H,5H2,1H3. The van der Waals surface area contributed by atoms with Crippen LogP contribution < -0.4 is 0 Å². The first-order valence-corrected chi connectivity index (χ1v) is 4.00. The molecule has 1 rings (SSSR count). The van der Waals surface area contributed by atoms with Crippen molar-refractivity contribution in [1.29, 1.82) is 0 Å². The number of hydrogen-bond acceptors (Lipinski definition) is 2. The molecule has 1 heterocycles. The average molecular weight is 249 g/mol. The lowest BCUT2D eigenvalue weighted by Crippen LogP contribution is -1.90. The van der Waals surface area contributed by atoms with E-state index in [1.807, 2.05) is 18.3 Å². The summed E-state index contributed by atoms with van der Waals surface area (Å²) >= 11 is 2.22. The molecule has 0 aliphatic heterocycles. The molecule has 2 nitrogen and oxygen atoms in total. The van der Waals surface area contributed by atoms with Crippen LogP contribution in [0.25, 0.3) is 0 Å². The molecule has 0 fully saturated rings. The summed E-state index contributed by atoms with van der Waals surface area (Å²) in [7, 11) is 1.67. The molecular formula is C7H8INO. The van der Waals surface area contributed by atoms with Gasteiger partial charge < -0.3 is 4.74 Å². The Balaban J connectivity index is 2.69. The fourth-order valence-corrected chi connectivity index (χ4v) is 0.959. The van der Waals surface area contributed by atoms with Gasteiger partial charge in [-0.25, -0.2) is 0 Å². The quantitative estimate of drug-likeness (QED) is 0.746. The Morgan fingerprint density at radius 2 is 2.40 bits per heavy atom. The molecule has 0 aliphatic rings. The fraction of sp³-hybridized carbons (Fsp3) is 0.286. The lowest BCUT2D eigenvalue weighted by atomic mass is 10.4. The summed E-state index contributed by atoms with van der Waals surface area (Å²) in [6.45, 7) is 0.594. The zero-order valence-electron chi connectivity index (χ0n) is 5.67. The second-order valence-electron chi connectivity index (χ2n) is 1.90. The maximum absolute atomic E-state index is 4.90. The summed E-state index contributed by atoms with van der Waals surface area (Å²) in [5.41, 5.74) is 0.975. The van der Waals surface area contributed by atoms with Crippen molar-refractivity contribution in [3.05, 3.63) is 27.6 Å². The van der Waals surface area contributed by atoms with Crippen molar-refractivity contribution < 1.29 is 4.74 Å². The van der Waals surface area contributed by atoms with Gasteiger partial charge in [0.25, 0.3) is 0 Å². The van der Waals surface area contributed by atoms with Crippen LogP contribution in [-0.4, -0.2) is 12.1 Å². The molecule has 3 heteroatoms. The van der Waals surface area contributed by atoms with Crippen LogP contribution in [0.4, 0.5) is 0 Å². The molecule has 0 atom stereocenters. The van der Waals surface area contributed by atoms with Crippen LogP contribution in [0.15, 0.2) is 18.3 Å². The van der Waals surface area contributed by atoms with Crippen molar-refractivity contribution in [3.63, 3.8) is 0 Å².